The molecule has 4 heteroatoms. The Hall–Kier alpha value is -0.870. The largest absolute Gasteiger partial charge is 0.496 e. The van der Waals surface area contributed by atoms with E-state index in [0.29, 0.717) is 5.69 Å². The minimum atomic E-state index is -0.227. The Morgan fingerprint density at radius 3 is 2.84 bits per heavy atom. The van der Waals surface area contributed by atoms with Crippen molar-refractivity contribution in [1.29, 1.82) is 0 Å². The molecule has 1 saturated carbocycles. The number of rotatable bonds is 6. The molecule has 106 valence electrons. The molecule has 3 N–H and O–H groups in total. The quantitative estimate of drug-likeness (QED) is 0.620. The van der Waals surface area contributed by atoms with Gasteiger partial charge < -0.3 is 15.6 Å². The first kappa shape index (κ1) is 14.5. The molecule has 1 unspecified atom stereocenters. The van der Waals surface area contributed by atoms with E-state index in [4.69, 9.17) is 10.5 Å². The molecular weight excluding hydrogens is 258 g/mol. The molecule has 0 spiro atoms. The summed E-state index contributed by atoms with van der Waals surface area (Å²) in [5, 5.41) is 10.1. The lowest BCUT2D eigenvalue weighted by Crippen LogP contribution is -2.14. The summed E-state index contributed by atoms with van der Waals surface area (Å²) >= 11 is 1.64. The van der Waals surface area contributed by atoms with E-state index in [1.54, 1.807) is 18.9 Å². The minimum absolute atomic E-state index is 0.227. The predicted octanol–water partition coefficient (Wildman–Crippen LogP) is 3.31. The van der Waals surface area contributed by atoms with Crippen LogP contribution in [0.2, 0.25) is 0 Å². The molecule has 0 heterocycles. The molecule has 1 aliphatic rings. The van der Waals surface area contributed by atoms with Gasteiger partial charge in [0.25, 0.3) is 0 Å². The van der Waals surface area contributed by atoms with Crippen molar-refractivity contribution >= 4 is 17.4 Å². The van der Waals surface area contributed by atoms with Crippen molar-refractivity contribution in [3.63, 3.8) is 0 Å². The molecular formula is C15H23NO2S. The van der Waals surface area contributed by atoms with E-state index in [2.05, 4.69) is 0 Å². The number of aliphatic hydroxyl groups excluding tert-OH is 1. The monoisotopic (exact) mass is 281 g/mol. The second kappa shape index (κ2) is 7.06. The van der Waals surface area contributed by atoms with Crippen LogP contribution in [-0.4, -0.2) is 24.1 Å². The summed E-state index contributed by atoms with van der Waals surface area (Å²) in [6.45, 7) is 0. The Kier molecular flexibility index (Phi) is 5.40. The summed E-state index contributed by atoms with van der Waals surface area (Å²) in [6, 6.07) is 5.65. The molecule has 0 aromatic heterocycles. The average Bonchev–Trinajstić information content (AvgIpc) is 2.90. The first-order valence-corrected chi connectivity index (χ1v) is 7.92. The fourth-order valence-corrected chi connectivity index (χ4v) is 3.65. The molecule has 0 amide bonds. The summed E-state index contributed by atoms with van der Waals surface area (Å²) in [5.41, 5.74) is 6.43. The van der Waals surface area contributed by atoms with Gasteiger partial charge in [-0.3, -0.25) is 0 Å². The molecule has 19 heavy (non-hydrogen) atoms. The van der Waals surface area contributed by atoms with Crippen molar-refractivity contribution in [2.45, 2.75) is 43.1 Å². The van der Waals surface area contributed by atoms with E-state index in [0.717, 1.165) is 28.7 Å². The van der Waals surface area contributed by atoms with Crippen LogP contribution in [0.25, 0.3) is 0 Å². The number of aliphatic hydroxyl groups is 1. The van der Waals surface area contributed by atoms with Crippen LogP contribution in [0.3, 0.4) is 0 Å². The summed E-state index contributed by atoms with van der Waals surface area (Å²) in [7, 11) is 1.65. The van der Waals surface area contributed by atoms with Gasteiger partial charge in [0.1, 0.15) is 5.75 Å². The fourth-order valence-electron chi connectivity index (χ4n) is 2.69. The Morgan fingerprint density at radius 1 is 1.42 bits per heavy atom. The molecule has 0 bridgehead atoms. The third-order valence-corrected chi connectivity index (χ3v) is 4.90. The highest BCUT2D eigenvalue weighted by Gasteiger charge is 2.19. The van der Waals surface area contributed by atoms with Gasteiger partial charge in [0.2, 0.25) is 0 Å². The maximum Gasteiger partial charge on any atom is 0.134 e. The van der Waals surface area contributed by atoms with Crippen molar-refractivity contribution in [2.75, 3.05) is 18.6 Å². The molecule has 1 aliphatic carbocycles. The number of nitrogen functional groups attached to an aromatic ring is 1. The van der Waals surface area contributed by atoms with Crippen molar-refractivity contribution in [3.05, 3.63) is 18.2 Å². The zero-order chi connectivity index (χ0) is 13.7. The van der Waals surface area contributed by atoms with E-state index < -0.39 is 0 Å². The number of anilines is 1. The first-order chi connectivity index (χ1) is 9.19. The predicted molar refractivity (Wildman–Crippen MR) is 80.7 cm³/mol. The van der Waals surface area contributed by atoms with Gasteiger partial charge in [-0.15, -0.1) is 11.8 Å². The minimum Gasteiger partial charge on any atom is -0.496 e. The molecule has 0 saturated heterocycles. The van der Waals surface area contributed by atoms with E-state index in [-0.39, 0.29) is 6.10 Å². The van der Waals surface area contributed by atoms with Crippen molar-refractivity contribution in [1.82, 2.24) is 0 Å². The summed E-state index contributed by atoms with van der Waals surface area (Å²) in [5.74, 6) is 2.23. The van der Waals surface area contributed by atoms with Gasteiger partial charge in [-0.05, 0) is 24.5 Å². The normalized spacial score (nSPS) is 17.6. The van der Waals surface area contributed by atoms with E-state index in [1.807, 2.05) is 18.2 Å². The Bertz CT molecular complexity index is 405. The van der Waals surface area contributed by atoms with E-state index in [1.165, 1.54) is 25.7 Å². The molecule has 1 atom stereocenters. The van der Waals surface area contributed by atoms with Gasteiger partial charge in [-0.2, -0.15) is 0 Å². The molecule has 0 aliphatic heterocycles. The van der Waals surface area contributed by atoms with E-state index >= 15 is 0 Å². The topological polar surface area (TPSA) is 55.5 Å². The molecule has 0 radical (unpaired) electrons. The lowest BCUT2D eigenvalue weighted by Gasteiger charge is -2.16. The molecule has 3 nitrogen and oxygen atoms in total. The summed E-state index contributed by atoms with van der Waals surface area (Å²) < 4.78 is 5.31. The smallest absolute Gasteiger partial charge is 0.134 e. The summed E-state index contributed by atoms with van der Waals surface area (Å²) in [6.07, 6.45) is 5.94. The van der Waals surface area contributed by atoms with Gasteiger partial charge in [0.15, 0.2) is 0 Å². The van der Waals surface area contributed by atoms with Crippen LogP contribution in [-0.2, 0) is 0 Å². The maximum atomic E-state index is 10.1. The number of hydrogen-bond acceptors (Lipinski definition) is 4. The number of thioether (sulfide) groups is 1. The fraction of sp³-hybridized carbons (Fsp3) is 0.600. The van der Waals surface area contributed by atoms with Crippen LogP contribution >= 0.6 is 11.8 Å². The zero-order valence-electron chi connectivity index (χ0n) is 11.5. The van der Waals surface area contributed by atoms with Gasteiger partial charge in [-0.1, -0.05) is 25.7 Å². The number of benzene rings is 1. The van der Waals surface area contributed by atoms with Gasteiger partial charge in [0, 0.05) is 22.4 Å². The number of nitrogens with two attached hydrogens (primary N) is 1. The summed E-state index contributed by atoms with van der Waals surface area (Å²) in [4.78, 5) is 1.04. The third-order valence-electron chi connectivity index (χ3n) is 3.70. The van der Waals surface area contributed by atoms with Crippen LogP contribution in [0, 0.1) is 5.92 Å². The Balaban J connectivity index is 1.83. The average molecular weight is 281 g/mol. The van der Waals surface area contributed by atoms with Crippen molar-refractivity contribution < 1.29 is 9.84 Å². The highest BCUT2D eigenvalue weighted by atomic mass is 32.2. The standard InChI is InChI=1S/C15H23NO2S/c1-18-14-9-12(16)6-7-15(14)19-10-13(17)8-11-4-2-3-5-11/h6-7,9,11,13,17H,2-5,8,10,16H2,1H3. The van der Waals surface area contributed by atoms with Crippen molar-refractivity contribution in [3.8, 4) is 5.75 Å². The number of methoxy groups -OCH3 is 1. The Morgan fingerprint density at radius 2 is 2.16 bits per heavy atom. The highest BCUT2D eigenvalue weighted by Crippen LogP contribution is 2.33. The Labute approximate surface area is 119 Å². The molecule has 1 aromatic rings. The zero-order valence-corrected chi connectivity index (χ0v) is 12.3. The first-order valence-electron chi connectivity index (χ1n) is 6.93. The third kappa shape index (κ3) is 4.32. The highest BCUT2D eigenvalue weighted by molar-refractivity contribution is 7.99. The van der Waals surface area contributed by atoms with Crippen LogP contribution in [0.1, 0.15) is 32.1 Å². The van der Waals surface area contributed by atoms with Crippen LogP contribution in [0.4, 0.5) is 5.69 Å². The lowest BCUT2D eigenvalue weighted by molar-refractivity contribution is 0.166. The van der Waals surface area contributed by atoms with Crippen molar-refractivity contribution in [2.24, 2.45) is 5.92 Å². The SMILES string of the molecule is COc1cc(N)ccc1SCC(O)CC1CCCC1. The molecule has 1 aromatic carbocycles. The number of hydrogen-bond donors (Lipinski definition) is 2. The number of ether oxygens (including phenoxy) is 1. The van der Waals surface area contributed by atoms with Crippen LogP contribution in [0.15, 0.2) is 23.1 Å². The maximum absolute atomic E-state index is 10.1. The van der Waals surface area contributed by atoms with Gasteiger partial charge in [-0.25, -0.2) is 0 Å². The second-order valence-electron chi connectivity index (χ2n) is 5.26. The van der Waals surface area contributed by atoms with E-state index in [9.17, 15) is 5.11 Å². The molecule has 1 fully saturated rings. The van der Waals surface area contributed by atoms with Gasteiger partial charge in [0.05, 0.1) is 13.2 Å². The van der Waals surface area contributed by atoms with Crippen LogP contribution < -0.4 is 10.5 Å². The van der Waals surface area contributed by atoms with Gasteiger partial charge >= 0.3 is 0 Å². The molecule has 2 rings (SSSR count). The lowest BCUT2D eigenvalue weighted by atomic mass is 10.0. The van der Waals surface area contributed by atoms with Crippen LogP contribution in [0.5, 0.6) is 5.75 Å². The second-order valence-corrected chi connectivity index (χ2v) is 6.32.